The minimum Gasteiger partial charge on any atom is -0.478 e. The summed E-state index contributed by atoms with van der Waals surface area (Å²) in [6, 6.07) is 6.26. The number of likely N-dealkylation sites (N-methyl/N-ethyl adjacent to an activating group) is 1. The van der Waals surface area contributed by atoms with Crippen molar-refractivity contribution in [3.63, 3.8) is 0 Å². The predicted molar refractivity (Wildman–Crippen MR) is 69.7 cm³/mol. The van der Waals surface area contributed by atoms with Crippen LogP contribution in [0.25, 0.3) is 0 Å². The van der Waals surface area contributed by atoms with Crippen LogP contribution in [0.5, 0.6) is 0 Å². The Morgan fingerprint density at radius 1 is 1.30 bits per heavy atom. The summed E-state index contributed by atoms with van der Waals surface area (Å²) < 4.78 is 0. The van der Waals surface area contributed by atoms with Crippen molar-refractivity contribution in [3.05, 3.63) is 34.9 Å². The van der Waals surface area contributed by atoms with Crippen molar-refractivity contribution >= 4 is 11.9 Å². The fourth-order valence-corrected chi connectivity index (χ4v) is 2.64. The van der Waals surface area contributed by atoms with Gasteiger partial charge in [-0.05, 0) is 24.7 Å². The Hall–Kier alpha value is -2.39. The monoisotopic (exact) mass is 274 g/mol. The van der Waals surface area contributed by atoms with Gasteiger partial charge in [-0.3, -0.25) is 0 Å². The second-order valence-corrected chi connectivity index (χ2v) is 4.98. The number of carboxylic acids is 2. The maximum absolute atomic E-state index is 11.3. The fourth-order valence-electron chi connectivity index (χ4n) is 2.64. The van der Waals surface area contributed by atoms with Crippen LogP contribution in [0, 0.1) is 17.2 Å². The van der Waals surface area contributed by atoms with Crippen molar-refractivity contribution < 1.29 is 19.8 Å². The number of carboxylic acid groups (broad SMARTS) is 2. The number of benzene rings is 1. The van der Waals surface area contributed by atoms with E-state index < -0.39 is 11.9 Å². The van der Waals surface area contributed by atoms with E-state index in [2.05, 4.69) is 6.07 Å². The van der Waals surface area contributed by atoms with Gasteiger partial charge < -0.3 is 15.1 Å². The van der Waals surface area contributed by atoms with Gasteiger partial charge in [0.05, 0.1) is 23.1 Å². The van der Waals surface area contributed by atoms with E-state index in [9.17, 15) is 14.7 Å². The summed E-state index contributed by atoms with van der Waals surface area (Å²) in [5.74, 6) is -2.83. The first kappa shape index (κ1) is 14.0. The maximum Gasteiger partial charge on any atom is 0.336 e. The molecule has 1 aliphatic heterocycles. The van der Waals surface area contributed by atoms with Crippen molar-refractivity contribution in [1.29, 1.82) is 5.26 Å². The van der Waals surface area contributed by atoms with Crippen molar-refractivity contribution in [2.24, 2.45) is 5.92 Å². The fraction of sp³-hybridized carbons (Fsp3) is 0.357. The molecular formula is C14H14N2O4. The highest BCUT2D eigenvalue weighted by atomic mass is 16.4. The van der Waals surface area contributed by atoms with E-state index in [-0.39, 0.29) is 23.0 Å². The van der Waals surface area contributed by atoms with Crippen molar-refractivity contribution in [2.75, 3.05) is 20.1 Å². The molecule has 2 atom stereocenters. The first-order valence-corrected chi connectivity index (χ1v) is 6.12. The number of nitrogens with zero attached hydrogens (tertiary/aromatic N) is 2. The van der Waals surface area contributed by atoms with Crippen LogP contribution in [0.3, 0.4) is 0 Å². The Bertz CT molecular complexity index is 606. The quantitative estimate of drug-likeness (QED) is 0.860. The highest BCUT2D eigenvalue weighted by Crippen LogP contribution is 2.34. The minimum atomic E-state index is -1.17. The molecule has 20 heavy (non-hydrogen) atoms. The lowest BCUT2D eigenvalue weighted by Gasteiger charge is -2.16. The largest absolute Gasteiger partial charge is 0.478 e. The standard InChI is InChI=1S/C14H14N2O4/c1-16-6-9(5-15)12(7-16)10-3-2-8(13(17)18)4-11(10)14(19)20/h2-4,9,12H,6-7H2,1H3,(H,17,18)(H,19,20). The summed E-state index contributed by atoms with van der Waals surface area (Å²) in [6.07, 6.45) is 0. The molecule has 1 aromatic carbocycles. The van der Waals surface area contributed by atoms with E-state index in [4.69, 9.17) is 10.4 Å². The van der Waals surface area contributed by atoms with E-state index in [1.165, 1.54) is 12.1 Å². The van der Waals surface area contributed by atoms with Gasteiger partial charge in [0.15, 0.2) is 0 Å². The summed E-state index contributed by atoms with van der Waals surface area (Å²) >= 11 is 0. The zero-order chi connectivity index (χ0) is 14.9. The number of aromatic carboxylic acids is 2. The van der Waals surface area contributed by atoms with Gasteiger partial charge in [0.25, 0.3) is 0 Å². The number of rotatable bonds is 3. The summed E-state index contributed by atoms with van der Waals surface area (Å²) in [7, 11) is 1.87. The van der Waals surface area contributed by atoms with Crippen LogP contribution in [-0.2, 0) is 0 Å². The Morgan fingerprint density at radius 3 is 2.55 bits per heavy atom. The van der Waals surface area contributed by atoms with Gasteiger partial charge in [0.2, 0.25) is 0 Å². The molecule has 1 aliphatic rings. The molecule has 2 N–H and O–H groups in total. The zero-order valence-electron chi connectivity index (χ0n) is 10.9. The molecule has 0 aromatic heterocycles. The first-order valence-electron chi connectivity index (χ1n) is 6.12. The molecular weight excluding hydrogens is 260 g/mol. The third-order valence-corrected chi connectivity index (χ3v) is 3.60. The molecule has 0 spiro atoms. The lowest BCUT2D eigenvalue weighted by molar-refractivity contribution is 0.0694. The van der Waals surface area contributed by atoms with Crippen LogP contribution in [0.1, 0.15) is 32.2 Å². The topological polar surface area (TPSA) is 102 Å². The third-order valence-electron chi connectivity index (χ3n) is 3.60. The molecule has 0 saturated carbocycles. The molecule has 104 valence electrons. The van der Waals surface area contributed by atoms with Crippen LogP contribution < -0.4 is 0 Å². The van der Waals surface area contributed by atoms with Crippen molar-refractivity contribution in [3.8, 4) is 6.07 Å². The number of likely N-dealkylation sites (tertiary alicyclic amines) is 1. The first-order chi connectivity index (χ1) is 9.43. The Morgan fingerprint density at radius 2 is 2.00 bits per heavy atom. The number of hydrogen-bond donors (Lipinski definition) is 2. The van der Waals surface area contributed by atoms with Crippen LogP contribution >= 0.6 is 0 Å². The van der Waals surface area contributed by atoms with Gasteiger partial charge in [0.1, 0.15) is 0 Å². The molecule has 0 aliphatic carbocycles. The van der Waals surface area contributed by atoms with E-state index in [1.54, 1.807) is 0 Å². The molecule has 6 nitrogen and oxygen atoms in total. The summed E-state index contributed by atoms with van der Waals surface area (Å²) in [5, 5.41) is 27.4. The molecule has 0 radical (unpaired) electrons. The second-order valence-electron chi connectivity index (χ2n) is 4.98. The molecule has 0 bridgehead atoms. The smallest absolute Gasteiger partial charge is 0.336 e. The van der Waals surface area contributed by atoms with Gasteiger partial charge in [-0.15, -0.1) is 0 Å². The van der Waals surface area contributed by atoms with Gasteiger partial charge in [-0.2, -0.15) is 5.26 Å². The van der Waals surface area contributed by atoms with Crippen LogP contribution in [0.4, 0.5) is 0 Å². The van der Waals surface area contributed by atoms with Crippen molar-refractivity contribution in [2.45, 2.75) is 5.92 Å². The van der Waals surface area contributed by atoms with Gasteiger partial charge in [-0.25, -0.2) is 9.59 Å². The molecule has 1 saturated heterocycles. The average Bonchev–Trinajstić information content (AvgIpc) is 2.78. The van der Waals surface area contributed by atoms with Gasteiger partial charge >= 0.3 is 11.9 Å². The van der Waals surface area contributed by atoms with E-state index in [1.807, 2.05) is 11.9 Å². The van der Waals surface area contributed by atoms with Crippen molar-refractivity contribution in [1.82, 2.24) is 4.90 Å². The second kappa shape index (κ2) is 5.31. The molecule has 1 aromatic rings. The zero-order valence-corrected chi connectivity index (χ0v) is 10.9. The summed E-state index contributed by atoms with van der Waals surface area (Å²) in [5.41, 5.74) is 0.426. The molecule has 2 rings (SSSR count). The van der Waals surface area contributed by atoms with E-state index in [0.717, 1.165) is 6.07 Å². The van der Waals surface area contributed by atoms with Crippen LogP contribution in [-0.4, -0.2) is 47.2 Å². The highest BCUT2D eigenvalue weighted by molar-refractivity contribution is 5.95. The highest BCUT2D eigenvalue weighted by Gasteiger charge is 2.34. The normalized spacial score (nSPS) is 22.4. The number of hydrogen-bond acceptors (Lipinski definition) is 4. The van der Waals surface area contributed by atoms with Gasteiger partial charge in [0, 0.05) is 19.0 Å². The van der Waals surface area contributed by atoms with Crippen LogP contribution in [0.15, 0.2) is 18.2 Å². The minimum absolute atomic E-state index is 0.0366. The third kappa shape index (κ3) is 2.49. The molecule has 0 amide bonds. The van der Waals surface area contributed by atoms with E-state index >= 15 is 0 Å². The Kier molecular flexibility index (Phi) is 3.72. The Balaban J connectivity index is 2.49. The maximum atomic E-state index is 11.3. The Labute approximate surface area is 115 Å². The van der Waals surface area contributed by atoms with E-state index in [0.29, 0.717) is 18.7 Å². The lowest BCUT2D eigenvalue weighted by atomic mass is 9.86. The predicted octanol–water partition coefficient (Wildman–Crippen LogP) is 1.25. The summed E-state index contributed by atoms with van der Waals surface area (Å²) in [4.78, 5) is 24.2. The summed E-state index contributed by atoms with van der Waals surface area (Å²) in [6.45, 7) is 1.17. The number of nitriles is 1. The SMILES string of the molecule is CN1CC(C#N)C(c2ccc(C(=O)O)cc2C(=O)O)C1. The molecule has 6 heteroatoms. The lowest BCUT2D eigenvalue weighted by Crippen LogP contribution is -2.15. The van der Waals surface area contributed by atoms with Gasteiger partial charge in [-0.1, -0.05) is 6.07 Å². The molecule has 1 fully saturated rings. The number of carbonyl (C=O) groups is 2. The average molecular weight is 274 g/mol. The van der Waals surface area contributed by atoms with Crippen LogP contribution in [0.2, 0.25) is 0 Å². The molecule has 2 unspecified atom stereocenters. The molecule has 1 heterocycles.